The van der Waals surface area contributed by atoms with E-state index in [0.717, 1.165) is 51.4 Å². The number of allylic oxidation sites excluding steroid dienone is 2. The second kappa shape index (κ2) is 7.32. The zero-order valence-electron chi connectivity index (χ0n) is 23.3. The molecule has 35 heavy (non-hydrogen) atoms. The monoisotopic (exact) mass is 482 g/mol. The van der Waals surface area contributed by atoms with Crippen LogP contribution in [0.5, 0.6) is 0 Å². The fourth-order valence-electron chi connectivity index (χ4n) is 10.4. The Bertz CT molecular complexity index is 1020. The molecular formula is C31H46O4. The summed E-state index contributed by atoms with van der Waals surface area (Å²) in [5, 5.41) is 0. The summed E-state index contributed by atoms with van der Waals surface area (Å²) in [5.74, 6) is 0.980. The number of methoxy groups -OCH3 is 1. The van der Waals surface area contributed by atoms with Crippen molar-refractivity contribution in [3.63, 3.8) is 0 Å². The first kappa shape index (κ1) is 25.2. The van der Waals surface area contributed by atoms with Gasteiger partial charge in [-0.25, -0.2) is 0 Å². The number of carbonyl (C=O) groups is 3. The maximum atomic E-state index is 14.3. The lowest BCUT2D eigenvalue weighted by atomic mass is 9.33. The topological polar surface area (TPSA) is 60.4 Å². The smallest absolute Gasteiger partial charge is 0.311 e. The van der Waals surface area contributed by atoms with E-state index in [0.29, 0.717) is 12.2 Å². The third-order valence-electron chi connectivity index (χ3n) is 13.0. The van der Waals surface area contributed by atoms with Crippen LogP contribution in [0.2, 0.25) is 0 Å². The Labute approximate surface area is 212 Å². The minimum Gasteiger partial charge on any atom is -0.469 e. The Hall–Kier alpha value is -1.45. The van der Waals surface area contributed by atoms with Gasteiger partial charge >= 0.3 is 5.97 Å². The summed E-state index contributed by atoms with van der Waals surface area (Å²) < 4.78 is 5.24. The van der Waals surface area contributed by atoms with E-state index in [-0.39, 0.29) is 56.6 Å². The molecule has 0 aromatic carbocycles. The van der Waals surface area contributed by atoms with Gasteiger partial charge < -0.3 is 4.74 Å². The van der Waals surface area contributed by atoms with Crippen LogP contribution in [0.3, 0.4) is 0 Å². The van der Waals surface area contributed by atoms with Crippen molar-refractivity contribution >= 4 is 17.5 Å². The number of ketones is 2. The summed E-state index contributed by atoms with van der Waals surface area (Å²) in [6.45, 7) is 15.9. The Morgan fingerprint density at radius 2 is 1.57 bits per heavy atom. The van der Waals surface area contributed by atoms with E-state index in [1.165, 1.54) is 12.7 Å². The van der Waals surface area contributed by atoms with Gasteiger partial charge in [0, 0.05) is 17.8 Å². The van der Waals surface area contributed by atoms with Crippen molar-refractivity contribution in [1.29, 1.82) is 0 Å². The molecule has 0 aromatic heterocycles. The van der Waals surface area contributed by atoms with Gasteiger partial charge in [0.15, 0.2) is 5.78 Å². The zero-order valence-corrected chi connectivity index (χ0v) is 23.3. The first-order valence-electron chi connectivity index (χ1n) is 14.0. The van der Waals surface area contributed by atoms with Gasteiger partial charge in [-0.2, -0.15) is 0 Å². The molecule has 0 bridgehead atoms. The largest absolute Gasteiger partial charge is 0.469 e. The molecule has 0 amide bonds. The molecule has 5 aliphatic rings. The van der Waals surface area contributed by atoms with Gasteiger partial charge in [-0.1, -0.05) is 47.1 Å². The standard InChI is InChI=1S/C31H46O4/c1-26(2)22-9-12-31(7)24(29(22,5)11-10-23(26)33)21(32)17-19-20-18-28(4,25(34)35-8)14-13-27(20,3)15-16-30(19,31)6/h17,20,22,24H,9-16,18H2,1-8H3/t20?,22?,24?,27-,28+,29-,30-,31+/m0/s1. The average molecular weight is 483 g/mol. The van der Waals surface area contributed by atoms with Crippen LogP contribution in [0, 0.1) is 50.2 Å². The Balaban J connectivity index is 1.62. The molecule has 0 saturated heterocycles. The summed E-state index contributed by atoms with van der Waals surface area (Å²) in [6.07, 6.45) is 10.3. The van der Waals surface area contributed by atoms with Crippen LogP contribution >= 0.6 is 0 Å². The maximum absolute atomic E-state index is 14.3. The van der Waals surface area contributed by atoms with Crippen molar-refractivity contribution in [2.24, 2.45) is 50.2 Å². The zero-order chi connectivity index (χ0) is 25.8. The van der Waals surface area contributed by atoms with E-state index in [1.54, 1.807) is 0 Å². The van der Waals surface area contributed by atoms with Crippen LogP contribution in [0.4, 0.5) is 0 Å². The number of hydrogen-bond donors (Lipinski definition) is 0. The van der Waals surface area contributed by atoms with Gasteiger partial charge in [0.1, 0.15) is 5.78 Å². The summed E-state index contributed by atoms with van der Waals surface area (Å²) in [6, 6.07) is 0. The quantitative estimate of drug-likeness (QED) is 0.390. The second-order valence-electron chi connectivity index (χ2n) is 14.9. The van der Waals surface area contributed by atoms with Gasteiger partial charge in [0.05, 0.1) is 12.5 Å². The number of fused-ring (bicyclic) bond motifs is 7. The Kier molecular flexibility index (Phi) is 5.27. The van der Waals surface area contributed by atoms with Gasteiger partial charge in [0.25, 0.3) is 0 Å². The van der Waals surface area contributed by atoms with Crippen LogP contribution in [-0.4, -0.2) is 24.6 Å². The lowest BCUT2D eigenvalue weighted by Crippen LogP contribution is -2.66. The molecule has 4 heteroatoms. The predicted molar refractivity (Wildman–Crippen MR) is 136 cm³/mol. The van der Waals surface area contributed by atoms with E-state index in [2.05, 4.69) is 54.5 Å². The summed E-state index contributed by atoms with van der Waals surface area (Å²) >= 11 is 0. The molecule has 0 aromatic rings. The molecule has 0 radical (unpaired) electrons. The van der Waals surface area contributed by atoms with Gasteiger partial charge in [-0.05, 0) is 97.9 Å². The molecular weight excluding hydrogens is 436 g/mol. The molecule has 4 saturated carbocycles. The summed E-state index contributed by atoms with van der Waals surface area (Å²) in [4.78, 5) is 40.0. The molecule has 4 nitrogen and oxygen atoms in total. The predicted octanol–water partition coefficient (Wildman–Crippen LogP) is 6.71. The lowest BCUT2D eigenvalue weighted by molar-refractivity contribution is -0.188. The Morgan fingerprint density at radius 3 is 2.23 bits per heavy atom. The first-order valence-corrected chi connectivity index (χ1v) is 14.0. The normalized spacial score (nSPS) is 50.7. The minimum absolute atomic E-state index is 0.0465. The molecule has 3 unspecified atom stereocenters. The minimum atomic E-state index is -0.490. The molecule has 5 rings (SSSR count). The number of Topliss-reactive ketones (excluding diaryl/α,β-unsaturated/α-hetero) is 1. The van der Waals surface area contributed by atoms with Gasteiger partial charge in [0.2, 0.25) is 0 Å². The highest BCUT2D eigenvalue weighted by Crippen LogP contribution is 2.74. The Morgan fingerprint density at radius 1 is 0.914 bits per heavy atom. The molecule has 0 heterocycles. The van der Waals surface area contributed by atoms with Crippen molar-refractivity contribution in [3.8, 4) is 0 Å². The summed E-state index contributed by atoms with van der Waals surface area (Å²) in [5.41, 5.74) is 0.244. The fraction of sp³-hybridized carbons (Fsp3) is 0.839. The van der Waals surface area contributed by atoms with E-state index in [4.69, 9.17) is 4.74 Å². The molecule has 8 atom stereocenters. The van der Waals surface area contributed by atoms with Gasteiger partial charge in [-0.15, -0.1) is 0 Å². The van der Waals surface area contributed by atoms with E-state index < -0.39 is 5.41 Å². The van der Waals surface area contributed by atoms with Crippen LogP contribution < -0.4 is 0 Å². The third kappa shape index (κ3) is 3.00. The number of rotatable bonds is 1. The van der Waals surface area contributed by atoms with Crippen molar-refractivity contribution in [1.82, 2.24) is 0 Å². The van der Waals surface area contributed by atoms with Crippen LogP contribution in [0.15, 0.2) is 11.6 Å². The van der Waals surface area contributed by atoms with Crippen molar-refractivity contribution < 1.29 is 19.1 Å². The molecule has 4 fully saturated rings. The lowest BCUT2D eigenvalue weighted by Gasteiger charge is -2.69. The van der Waals surface area contributed by atoms with E-state index in [9.17, 15) is 14.4 Å². The van der Waals surface area contributed by atoms with Crippen LogP contribution in [0.1, 0.15) is 106 Å². The molecule has 194 valence electrons. The third-order valence-corrected chi connectivity index (χ3v) is 13.0. The van der Waals surface area contributed by atoms with Crippen molar-refractivity contribution in [3.05, 3.63) is 11.6 Å². The van der Waals surface area contributed by atoms with E-state index >= 15 is 0 Å². The van der Waals surface area contributed by atoms with Crippen LogP contribution in [0.25, 0.3) is 0 Å². The van der Waals surface area contributed by atoms with Gasteiger partial charge in [-0.3, -0.25) is 14.4 Å². The van der Waals surface area contributed by atoms with Crippen molar-refractivity contribution in [2.75, 3.05) is 7.11 Å². The first-order chi connectivity index (χ1) is 16.1. The molecule has 0 aliphatic heterocycles. The number of hydrogen-bond acceptors (Lipinski definition) is 4. The van der Waals surface area contributed by atoms with Crippen molar-refractivity contribution in [2.45, 2.75) is 106 Å². The highest BCUT2D eigenvalue weighted by atomic mass is 16.5. The molecule has 0 spiro atoms. The highest BCUT2D eigenvalue weighted by Gasteiger charge is 2.70. The molecule has 0 N–H and O–H groups in total. The number of esters is 1. The number of carbonyl (C=O) groups excluding carboxylic acids is 3. The maximum Gasteiger partial charge on any atom is 0.311 e. The molecule has 5 aliphatic carbocycles. The van der Waals surface area contributed by atoms with E-state index in [1.807, 2.05) is 0 Å². The fourth-order valence-corrected chi connectivity index (χ4v) is 10.4. The average Bonchev–Trinajstić information content (AvgIpc) is 2.78. The number of ether oxygens (including phenoxy) is 1. The SMILES string of the molecule is COC(=O)[C@]1(C)CC[C@@]2(C)CC[C@@]3(C)C(=CC(=O)C4[C@@]5(C)CCC(=O)C(C)(C)C5CC[C@]43C)C2C1. The van der Waals surface area contributed by atoms with Crippen LogP contribution in [-0.2, 0) is 19.1 Å². The second-order valence-corrected chi connectivity index (χ2v) is 14.9. The highest BCUT2D eigenvalue weighted by molar-refractivity contribution is 5.96. The summed E-state index contributed by atoms with van der Waals surface area (Å²) in [7, 11) is 1.50.